The van der Waals surface area contributed by atoms with E-state index in [0.29, 0.717) is 6.42 Å². The van der Waals surface area contributed by atoms with Gasteiger partial charge < -0.3 is 14.6 Å². The van der Waals surface area contributed by atoms with Gasteiger partial charge in [0.1, 0.15) is 12.2 Å². The number of aliphatic hydroxyl groups is 1. The lowest BCUT2D eigenvalue weighted by Crippen LogP contribution is -2.13. The predicted molar refractivity (Wildman–Crippen MR) is 101 cm³/mol. The summed E-state index contributed by atoms with van der Waals surface area (Å²) in [5, 5.41) is 10.0. The maximum absolute atomic E-state index is 11.0. The van der Waals surface area contributed by atoms with Gasteiger partial charge in [-0.3, -0.25) is 4.79 Å². The quantitative estimate of drug-likeness (QED) is 0.217. The van der Waals surface area contributed by atoms with Crippen LogP contribution in [0.2, 0.25) is 0 Å². The predicted octanol–water partition coefficient (Wildman–Crippen LogP) is 4.49. The molecule has 0 aromatic rings. The van der Waals surface area contributed by atoms with E-state index in [1.165, 1.54) is 32.8 Å². The Bertz CT molecular complexity index is 439. The van der Waals surface area contributed by atoms with Gasteiger partial charge in [0.2, 0.25) is 0 Å². The Kier molecular flexibility index (Phi) is 12.0. The fourth-order valence-corrected chi connectivity index (χ4v) is 2.59. The van der Waals surface area contributed by atoms with Crippen molar-refractivity contribution in [1.29, 1.82) is 0 Å². The number of methoxy groups -OCH3 is 1. The molecule has 1 rings (SSSR count). The molecule has 0 bridgehead atoms. The van der Waals surface area contributed by atoms with Crippen LogP contribution in [0.15, 0.2) is 36.5 Å². The topological polar surface area (TPSA) is 59.1 Å². The van der Waals surface area contributed by atoms with Gasteiger partial charge in [0.25, 0.3) is 0 Å². The third-order valence-electron chi connectivity index (χ3n) is 4.22. The van der Waals surface area contributed by atoms with E-state index in [9.17, 15) is 9.90 Å². The summed E-state index contributed by atoms with van der Waals surface area (Å²) in [6.07, 6.45) is 20.7. The molecule has 1 saturated heterocycles. The molecule has 0 saturated carbocycles. The molecular weight excluding hydrogens is 316 g/mol. The molecule has 0 aromatic carbocycles. The first-order valence-corrected chi connectivity index (χ1v) is 9.56. The summed E-state index contributed by atoms with van der Waals surface area (Å²) >= 11 is 0. The molecule has 3 atom stereocenters. The van der Waals surface area contributed by atoms with Gasteiger partial charge in [0.05, 0.1) is 13.2 Å². The first kappa shape index (κ1) is 21.7. The van der Waals surface area contributed by atoms with E-state index in [2.05, 4.69) is 36.0 Å². The molecule has 1 N–H and O–H groups in total. The Balaban J connectivity index is 2.04. The maximum atomic E-state index is 11.0. The van der Waals surface area contributed by atoms with Crippen molar-refractivity contribution in [2.24, 2.45) is 0 Å². The summed E-state index contributed by atoms with van der Waals surface area (Å²) in [4.78, 5) is 11.0. The zero-order valence-electron chi connectivity index (χ0n) is 15.7. The second-order valence-corrected chi connectivity index (χ2v) is 6.44. The van der Waals surface area contributed by atoms with Crippen molar-refractivity contribution in [3.8, 4) is 0 Å². The number of carbonyl (C=O) groups excluding carboxylic acids is 1. The fourth-order valence-electron chi connectivity index (χ4n) is 2.59. The van der Waals surface area contributed by atoms with Crippen molar-refractivity contribution >= 4 is 5.97 Å². The van der Waals surface area contributed by atoms with Crippen molar-refractivity contribution in [2.45, 2.75) is 83.0 Å². The summed E-state index contributed by atoms with van der Waals surface area (Å²) in [5.41, 5.74) is 0. The highest BCUT2D eigenvalue weighted by Gasteiger charge is 2.42. The highest BCUT2D eigenvalue weighted by Crippen LogP contribution is 2.29. The van der Waals surface area contributed by atoms with Crippen LogP contribution in [0, 0.1) is 0 Å². The largest absolute Gasteiger partial charge is 0.469 e. The lowest BCUT2D eigenvalue weighted by atomic mass is 10.1. The standard InChI is InChI=1S/C21H34O4/c1-3-4-5-6-7-8-9-10-13-16-19-21(25-19)18(22)15-12-11-14-17-20(23)24-2/h7-8,10,12-13,15,18-19,21-22H,3-6,9,11,14,16-17H2,1-2H3/b8-7-,13-10-,15-12-/t18-,19-,21-/m0/s1. The number of hydrogen-bond donors (Lipinski definition) is 1. The number of ether oxygens (including phenoxy) is 2. The van der Waals surface area contributed by atoms with E-state index in [4.69, 9.17) is 4.74 Å². The summed E-state index contributed by atoms with van der Waals surface area (Å²) in [5.74, 6) is -0.192. The van der Waals surface area contributed by atoms with Crippen LogP contribution in [0.5, 0.6) is 0 Å². The van der Waals surface area contributed by atoms with Crippen LogP contribution >= 0.6 is 0 Å². The molecule has 0 aliphatic carbocycles. The second kappa shape index (κ2) is 13.9. The molecule has 1 fully saturated rings. The average Bonchev–Trinajstić information content (AvgIpc) is 3.39. The molecule has 0 unspecified atom stereocenters. The number of hydrogen-bond acceptors (Lipinski definition) is 4. The molecule has 0 amide bonds. The van der Waals surface area contributed by atoms with Gasteiger partial charge in [-0.2, -0.15) is 0 Å². The van der Waals surface area contributed by atoms with E-state index in [-0.39, 0.29) is 18.2 Å². The van der Waals surface area contributed by atoms with Crippen LogP contribution in [-0.2, 0) is 14.3 Å². The Morgan fingerprint density at radius 3 is 2.64 bits per heavy atom. The van der Waals surface area contributed by atoms with E-state index < -0.39 is 6.10 Å². The molecule has 142 valence electrons. The zero-order chi connectivity index (χ0) is 18.3. The number of allylic oxidation sites excluding steroid dienone is 4. The molecule has 1 aliphatic rings. The summed E-state index contributed by atoms with van der Waals surface area (Å²) in [7, 11) is 1.39. The highest BCUT2D eigenvalue weighted by atomic mass is 16.6. The molecule has 4 nitrogen and oxygen atoms in total. The third kappa shape index (κ3) is 11.0. The molecule has 0 aromatic heterocycles. The van der Waals surface area contributed by atoms with Gasteiger partial charge in [-0.25, -0.2) is 0 Å². The van der Waals surface area contributed by atoms with Crippen molar-refractivity contribution in [3.05, 3.63) is 36.5 Å². The zero-order valence-corrected chi connectivity index (χ0v) is 15.7. The van der Waals surface area contributed by atoms with E-state index in [1.54, 1.807) is 6.08 Å². The maximum Gasteiger partial charge on any atom is 0.305 e. The van der Waals surface area contributed by atoms with Gasteiger partial charge in [-0.05, 0) is 38.5 Å². The van der Waals surface area contributed by atoms with Crippen LogP contribution < -0.4 is 0 Å². The summed E-state index contributed by atoms with van der Waals surface area (Å²) in [6.45, 7) is 2.22. The third-order valence-corrected chi connectivity index (χ3v) is 4.22. The smallest absolute Gasteiger partial charge is 0.305 e. The number of esters is 1. The van der Waals surface area contributed by atoms with Crippen LogP contribution in [0.25, 0.3) is 0 Å². The minimum absolute atomic E-state index is 0.0916. The molecular formula is C21H34O4. The SMILES string of the molecule is CCCCC/C=C\C/C=C\C[C@@H]1O[C@H]1[C@@H](O)/C=C\CCCC(=O)OC. The van der Waals surface area contributed by atoms with Gasteiger partial charge in [-0.1, -0.05) is 56.2 Å². The lowest BCUT2D eigenvalue weighted by Gasteiger charge is -2.00. The van der Waals surface area contributed by atoms with Crippen LogP contribution in [0.1, 0.15) is 64.7 Å². The van der Waals surface area contributed by atoms with Crippen molar-refractivity contribution in [3.63, 3.8) is 0 Å². The van der Waals surface area contributed by atoms with E-state index in [0.717, 1.165) is 25.7 Å². The van der Waals surface area contributed by atoms with Gasteiger partial charge in [-0.15, -0.1) is 0 Å². The van der Waals surface area contributed by atoms with Crippen molar-refractivity contribution < 1.29 is 19.4 Å². The minimum Gasteiger partial charge on any atom is -0.469 e. The Hall–Kier alpha value is -1.39. The molecule has 1 aliphatic heterocycles. The van der Waals surface area contributed by atoms with Gasteiger partial charge >= 0.3 is 5.97 Å². The fraction of sp³-hybridized carbons (Fsp3) is 0.667. The minimum atomic E-state index is -0.560. The number of rotatable bonds is 14. The number of carbonyl (C=O) groups is 1. The Labute approximate surface area is 152 Å². The lowest BCUT2D eigenvalue weighted by molar-refractivity contribution is -0.140. The second-order valence-electron chi connectivity index (χ2n) is 6.44. The van der Waals surface area contributed by atoms with E-state index in [1.807, 2.05) is 6.08 Å². The van der Waals surface area contributed by atoms with Gasteiger partial charge in [0.15, 0.2) is 0 Å². The number of epoxide rings is 1. The van der Waals surface area contributed by atoms with Crippen molar-refractivity contribution in [1.82, 2.24) is 0 Å². The molecule has 25 heavy (non-hydrogen) atoms. The van der Waals surface area contributed by atoms with Gasteiger partial charge in [0, 0.05) is 6.42 Å². The normalized spacial score (nSPS) is 21.4. The average molecular weight is 350 g/mol. The molecule has 1 heterocycles. The molecule has 0 spiro atoms. The van der Waals surface area contributed by atoms with E-state index >= 15 is 0 Å². The monoisotopic (exact) mass is 350 g/mol. The number of unbranched alkanes of at least 4 members (excludes halogenated alkanes) is 4. The first-order chi connectivity index (χ1) is 12.2. The first-order valence-electron chi connectivity index (χ1n) is 9.56. The summed E-state index contributed by atoms with van der Waals surface area (Å²) < 4.78 is 10.1. The van der Waals surface area contributed by atoms with Crippen molar-refractivity contribution in [2.75, 3.05) is 7.11 Å². The van der Waals surface area contributed by atoms with Crippen LogP contribution in [0.3, 0.4) is 0 Å². The van der Waals surface area contributed by atoms with Crippen LogP contribution in [0.4, 0.5) is 0 Å². The number of aliphatic hydroxyl groups excluding tert-OH is 1. The summed E-state index contributed by atoms with van der Waals surface area (Å²) in [6, 6.07) is 0. The van der Waals surface area contributed by atoms with Crippen LogP contribution in [-0.4, -0.2) is 36.5 Å². The Morgan fingerprint density at radius 2 is 1.88 bits per heavy atom. The molecule has 0 radical (unpaired) electrons. The molecule has 4 heteroatoms. The Morgan fingerprint density at radius 1 is 1.12 bits per heavy atom. The highest BCUT2D eigenvalue weighted by molar-refractivity contribution is 5.69.